The smallest absolute Gasteiger partial charge is 0.268 e. The first-order valence-electron chi connectivity index (χ1n) is 5.95. The van der Waals surface area contributed by atoms with E-state index in [-0.39, 0.29) is 18.4 Å². The second-order valence-corrected chi connectivity index (χ2v) is 4.06. The Morgan fingerprint density at radius 1 is 1.44 bits per heavy atom. The topological polar surface area (TPSA) is 67.4 Å². The second kappa shape index (κ2) is 7.22. The quantitative estimate of drug-likeness (QED) is 0.636. The fraction of sp³-hybridized carbons (Fsp3) is 0.818. The second-order valence-electron chi connectivity index (χ2n) is 4.06. The number of hydrogen-bond donors (Lipinski definition) is 2. The summed E-state index contributed by atoms with van der Waals surface area (Å²) in [5.74, 6) is -0.332. The summed E-state index contributed by atoms with van der Waals surface area (Å²) in [4.78, 5) is 27.2. The Morgan fingerprint density at radius 3 is 2.81 bits per heavy atom. The maximum absolute atomic E-state index is 11.4. The van der Waals surface area contributed by atoms with Crippen LogP contribution >= 0.6 is 0 Å². The lowest BCUT2D eigenvalue weighted by Crippen LogP contribution is -2.41. The van der Waals surface area contributed by atoms with Crippen LogP contribution < -0.4 is 10.8 Å². The predicted octanol–water partition coefficient (Wildman–Crippen LogP) is 0.893. The monoisotopic (exact) mass is 228 g/mol. The van der Waals surface area contributed by atoms with Crippen molar-refractivity contribution in [3.8, 4) is 0 Å². The maximum atomic E-state index is 11.4. The van der Waals surface area contributed by atoms with E-state index < -0.39 is 6.04 Å². The van der Waals surface area contributed by atoms with Gasteiger partial charge in [-0.25, -0.2) is 5.48 Å². The van der Waals surface area contributed by atoms with Gasteiger partial charge < -0.3 is 5.32 Å². The van der Waals surface area contributed by atoms with Crippen molar-refractivity contribution in [1.82, 2.24) is 10.8 Å². The number of amides is 2. The average Bonchev–Trinajstić information content (AvgIpc) is 2.64. The lowest BCUT2D eigenvalue weighted by Gasteiger charge is -2.07. The van der Waals surface area contributed by atoms with Crippen LogP contribution in [0.1, 0.15) is 45.4 Å². The van der Waals surface area contributed by atoms with Gasteiger partial charge in [0.1, 0.15) is 12.6 Å². The van der Waals surface area contributed by atoms with Crippen molar-refractivity contribution in [3.63, 3.8) is 0 Å². The third kappa shape index (κ3) is 4.61. The summed E-state index contributed by atoms with van der Waals surface area (Å²) in [6.45, 7) is 2.38. The highest BCUT2D eigenvalue weighted by Crippen LogP contribution is 2.05. The van der Waals surface area contributed by atoms with Crippen LogP contribution in [-0.2, 0) is 14.4 Å². The van der Waals surface area contributed by atoms with Crippen LogP contribution in [0.2, 0.25) is 0 Å². The number of hydroxylamine groups is 1. The van der Waals surface area contributed by atoms with Gasteiger partial charge in [0.05, 0.1) is 0 Å². The van der Waals surface area contributed by atoms with Crippen LogP contribution in [0.5, 0.6) is 0 Å². The minimum absolute atomic E-state index is 0.0675. The Labute approximate surface area is 95.9 Å². The molecule has 0 bridgehead atoms. The van der Waals surface area contributed by atoms with Crippen LogP contribution in [0, 0.1) is 0 Å². The van der Waals surface area contributed by atoms with Crippen LogP contribution in [0.4, 0.5) is 0 Å². The van der Waals surface area contributed by atoms with Gasteiger partial charge in [-0.3, -0.25) is 14.4 Å². The third-order valence-corrected chi connectivity index (χ3v) is 2.58. The van der Waals surface area contributed by atoms with E-state index in [0.29, 0.717) is 6.42 Å². The normalized spacial score (nSPS) is 19.6. The Bertz CT molecular complexity index is 243. The van der Waals surface area contributed by atoms with Crippen LogP contribution in [-0.4, -0.2) is 24.5 Å². The summed E-state index contributed by atoms with van der Waals surface area (Å²) in [5.41, 5.74) is 2.21. The molecule has 0 aromatic rings. The molecule has 1 saturated heterocycles. The highest BCUT2D eigenvalue weighted by atomic mass is 16.7. The van der Waals surface area contributed by atoms with Gasteiger partial charge in [0, 0.05) is 6.42 Å². The van der Waals surface area contributed by atoms with Gasteiger partial charge in [-0.15, -0.1) is 0 Å². The minimum atomic E-state index is -0.511. The van der Waals surface area contributed by atoms with E-state index in [1.54, 1.807) is 0 Å². The van der Waals surface area contributed by atoms with Gasteiger partial charge in [-0.05, 0) is 6.42 Å². The van der Waals surface area contributed by atoms with Crippen molar-refractivity contribution in [2.45, 2.75) is 51.5 Å². The van der Waals surface area contributed by atoms with Gasteiger partial charge in [-0.2, -0.15) is 0 Å². The summed E-state index contributed by atoms with van der Waals surface area (Å²) in [6.07, 6.45) is 6.06. The van der Waals surface area contributed by atoms with E-state index in [9.17, 15) is 9.59 Å². The van der Waals surface area contributed by atoms with Gasteiger partial charge in [0.25, 0.3) is 5.91 Å². The Balaban J connectivity index is 2.04. The zero-order chi connectivity index (χ0) is 11.8. The molecule has 5 nitrogen and oxygen atoms in total. The molecular formula is C11H20N2O3. The van der Waals surface area contributed by atoms with Crippen molar-refractivity contribution < 1.29 is 14.4 Å². The number of hydrogen-bond acceptors (Lipinski definition) is 3. The predicted molar refractivity (Wildman–Crippen MR) is 59.4 cm³/mol. The number of carbonyl (C=O) groups excluding carboxylic acids is 2. The van der Waals surface area contributed by atoms with E-state index in [2.05, 4.69) is 17.7 Å². The van der Waals surface area contributed by atoms with Crippen LogP contribution in [0.15, 0.2) is 0 Å². The fourth-order valence-electron chi connectivity index (χ4n) is 1.61. The molecule has 1 unspecified atom stereocenters. The molecule has 2 N–H and O–H groups in total. The van der Waals surface area contributed by atoms with Crippen molar-refractivity contribution in [2.24, 2.45) is 0 Å². The summed E-state index contributed by atoms with van der Waals surface area (Å²) >= 11 is 0. The third-order valence-electron chi connectivity index (χ3n) is 2.58. The summed E-state index contributed by atoms with van der Waals surface area (Å²) in [7, 11) is 0. The standard InChI is InChI=1S/C11H20N2O3/c1-2-3-4-5-6-7-10(14)12-9-8-16-13-11(9)15/h9H,2-8H2,1H3,(H,12,14)(H,13,15). The molecule has 5 heteroatoms. The summed E-state index contributed by atoms with van der Waals surface area (Å²) in [5, 5.41) is 2.64. The van der Waals surface area contributed by atoms with E-state index in [4.69, 9.17) is 4.84 Å². The molecule has 16 heavy (non-hydrogen) atoms. The van der Waals surface area contributed by atoms with Crippen molar-refractivity contribution in [2.75, 3.05) is 6.61 Å². The van der Waals surface area contributed by atoms with Gasteiger partial charge in [0.2, 0.25) is 5.91 Å². The highest BCUT2D eigenvalue weighted by molar-refractivity contribution is 5.88. The molecule has 1 aliphatic heterocycles. The van der Waals surface area contributed by atoms with Crippen molar-refractivity contribution in [3.05, 3.63) is 0 Å². The molecule has 0 aromatic heterocycles. The van der Waals surface area contributed by atoms with Crippen LogP contribution in [0.3, 0.4) is 0 Å². The summed E-state index contributed by atoms with van der Waals surface area (Å²) < 4.78 is 0. The summed E-state index contributed by atoms with van der Waals surface area (Å²) in [6, 6.07) is -0.511. The first-order chi connectivity index (χ1) is 7.74. The number of nitrogens with one attached hydrogen (secondary N) is 2. The fourth-order valence-corrected chi connectivity index (χ4v) is 1.61. The zero-order valence-electron chi connectivity index (χ0n) is 9.75. The Kier molecular flexibility index (Phi) is 5.85. The van der Waals surface area contributed by atoms with Gasteiger partial charge in [0.15, 0.2) is 0 Å². The van der Waals surface area contributed by atoms with Crippen LogP contribution in [0.25, 0.3) is 0 Å². The molecule has 2 amide bonds. The van der Waals surface area contributed by atoms with Gasteiger partial charge in [-0.1, -0.05) is 32.6 Å². The first kappa shape index (κ1) is 13.0. The molecule has 1 heterocycles. The Morgan fingerprint density at radius 2 is 2.19 bits per heavy atom. The molecule has 92 valence electrons. The SMILES string of the molecule is CCCCCCCC(=O)NC1CONC1=O. The van der Waals surface area contributed by atoms with E-state index in [0.717, 1.165) is 12.8 Å². The number of carbonyl (C=O) groups is 2. The molecule has 0 spiro atoms. The average molecular weight is 228 g/mol. The number of rotatable bonds is 7. The molecule has 1 rings (SSSR count). The molecule has 0 saturated carbocycles. The first-order valence-corrected chi connectivity index (χ1v) is 5.95. The highest BCUT2D eigenvalue weighted by Gasteiger charge is 2.26. The molecule has 0 aromatic carbocycles. The van der Waals surface area contributed by atoms with Crippen molar-refractivity contribution in [1.29, 1.82) is 0 Å². The minimum Gasteiger partial charge on any atom is -0.342 e. The van der Waals surface area contributed by atoms with Crippen molar-refractivity contribution >= 4 is 11.8 Å². The van der Waals surface area contributed by atoms with E-state index in [1.165, 1.54) is 19.3 Å². The lowest BCUT2D eigenvalue weighted by atomic mass is 10.1. The maximum Gasteiger partial charge on any atom is 0.268 e. The number of unbranched alkanes of at least 4 members (excludes halogenated alkanes) is 4. The molecule has 0 radical (unpaired) electrons. The molecule has 1 atom stereocenters. The molecule has 1 fully saturated rings. The lowest BCUT2D eigenvalue weighted by molar-refractivity contribution is -0.128. The van der Waals surface area contributed by atoms with E-state index in [1.807, 2.05) is 0 Å². The molecular weight excluding hydrogens is 208 g/mol. The molecule has 0 aliphatic carbocycles. The zero-order valence-corrected chi connectivity index (χ0v) is 9.75. The molecule has 1 aliphatic rings. The largest absolute Gasteiger partial charge is 0.342 e. The Hall–Kier alpha value is -1.10. The van der Waals surface area contributed by atoms with E-state index >= 15 is 0 Å². The van der Waals surface area contributed by atoms with Gasteiger partial charge >= 0.3 is 0 Å².